The van der Waals surface area contributed by atoms with E-state index in [0.717, 1.165) is 9.99 Å². The summed E-state index contributed by atoms with van der Waals surface area (Å²) in [4.78, 5) is 8.77. The molecule has 3 heterocycles. The molecular weight excluding hydrogens is 354 g/mol. The van der Waals surface area contributed by atoms with Gasteiger partial charge in [-0.2, -0.15) is 0 Å². The van der Waals surface area contributed by atoms with E-state index in [9.17, 15) is 8.42 Å². The van der Waals surface area contributed by atoms with Crippen molar-refractivity contribution < 1.29 is 8.42 Å². The maximum absolute atomic E-state index is 11.6. The maximum atomic E-state index is 11.6. The van der Waals surface area contributed by atoms with Crippen molar-refractivity contribution in [1.29, 1.82) is 0 Å². The highest BCUT2D eigenvalue weighted by Gasteiger charge is 2.31. The van der Waals surface area contributed by atoms with Crippen LogP contribution in [0.15, 0.2) is 16.7 Å². The Bertz CT molecular complexity index is 744. The zero-order valence-electron chi connectivity index (χ0n) is 9.88. The van der Waals surface area contributed by atoms with Crippen LogP contribution < -0.4 is 0 Å². The molecule has 3 rings (SSSR count). The van der Waals surface area contributed by atoms with Gasteiger partial charge < -0.3 is 4.57 Å². The number of hydrogen-bond acceptors (Lipinski definition) is 4. The lowest BCUT2D eigenvalue weighted by Gasteiger charge is -2.13. The first-order valence-electron chi connectivity index (χ1n) is 5.79. The van der Waals surface area contributed by atoms with Crippen molar-refractivity contribution in [3.63, 3.8) is 0 Å². The van der Waals surface area contributed by atoms with Crippen LogP contribution in [0, 0.1) is 0 Å². The third-order valence-corrected chi connectivity index (χ3v) is 5.69. The van der Waals surface area contributed by atoms with Crippen LogP contribution in [0.4, 0.5) is 0 Å². The molecule has 0 bridgehead atoms. The Labute approximate surface area is 124 Å². The monoisotopic (exact) mass is 363 g/mol. The van der Waals surface area contributed by atoms with Gasteiger partial charge in [0.25, 0.3) is 0 Å². The van der Waals surface area contributed by atoms with Gasteiger partial charge in [0.15, 0.2) is 15.5 Å². The van der Waals surface area contributed by atoms with Gasteiger partial charge in [0.2, 0.25) is 0 Å². The lowest BCUT2D eigenvalue weighted by atomic mass is 10.2. The van der Waals surface area contributed by atoms with Gasteiger partial charge in [0, 0.05) is 10.7 Å². The fourth-order valence-corrected chi connectivity index (χ4v) is 4.67. The molecular formula is C11H11BrClN3O2S. The van der Waals surface area contributed by atoms with Crippen molar-refractivity contribution in [3.8, 4) is 0 Å². The van der Waals surface area contributed by atoms with Crippen molar-refractivity contribution in [2.24, 2.45) is 0 Å². The molecule has 2 aromatic heterocycles. The zero-order valence-corrected chi connectivity index (χ0v) is 13.0. The highest BCUT2D eigenvalue weighted by Crippen LogP contribution is 2.30. The van der Waals surface area contributed by atoms with E-state index in [-0.39, 0.29) is 23.4 Å². The topological polar surface area (TPSA) is 64.8 Å². The quantitative estimate of drug-likeness (QED) is 0.767. The minimum Gasteiger partial charge on any atom is -0.308 e. The van der Waals surface area contributed by atoms with E-state index in [1.54, 1.807) is 6.20 Å². The minimum atomic E-state index is -2.95. The summed E-state index contributed by atoms with van der Waals surface area (Å²) in [5.74, 6) is 1.27. The van der Waals surface area contributed by atoms with Crippen LogP contribution in [0.5, 0.6) is 0 Å². The van der Waals surface area contributed by atoms with Gasteiger partial charge in [-0.1, -0.05) is 0 Å². The number of fused-ring (bicyclic) bond motifs is 1. The number of rotatable bonds is 2. The van der Waals surface area contributed by atoms with Gasteiger partial charge in [-0.05, 0) is 28.4 Å². The Kier molecular flexibility index (Phi) is 3.31. The van der Waals surface area contributed by atoms with Crippen LogP contribution in [-0.4, -0.2) is 34.5 Å². The zero-order chi connectivity index (χ0) is 13.6. The minimum absolute atomic E-state index is 0.113. The molecule has 1 atom stereocenters. The van der Waals surface area contributed by atoms with Crippen LogP contribution in [0.1, 0.15) is 18.3 Å². The van der Waals surface area contributed by atoms with E-state index in [1.165, 1.54) is 0 Å². The van der Waals surface area contributed by atoms with Crippen molar-refractivity contribution >= 4 is 48.5 Å². The van der Waals surface area contributed by atoms with Crippen LogP contribution in [-0.2, 0) is 15.7 Å². The normalized spacial score (nSPS) is 22.1. The summed E-state index contributed by atoms with van der Waals surface area (Å²) in [6.07, 6.45) is 2.28. The largest absolute Gasteiger partial charge is 0.308 e. The lowest BCUT2D eigenvalue weighted by Crippen LogP contribution is -2.13. The number of aromatic nitrogens is 3. The predicted molar refractivity (Wildman–Crippen MR) is 77.1 cm³/mol. The van der Waals surface area contributed by atoms with E-state index in [1.807, 2.05) is 10.6 Å². The first kappa shape index (κ1) is 13.3. The third kappa shape index (κ3) is 2.39. The van der Waals surface area contributed by atoms with Gasteiger partial charge in [-0.15, -0.1) is 11.6 Å². The maximum Gasteiger partial charge on any atom is 0.160 e. The second-order valence-corrected chi connectivity index (χ2v) is 8.00. The Balaban J connectivity index is 2.16. The molecule has 1 saturated heterocycles. The molecule has 0 N–H and O–H groups in total. The van der Waals surface area contributed by atoms with Crippen molar-refractivity contribution in [1.82, 2.24) is 14.5 Å². The van der Waals surface area contributed by atoms with Crippen LogP contribution >= 0.6 is 27.5 Å². The van der Waals surface area contributed by atoms with Gasteiger partial charge in [0.05, 0.1) is 23.4 Å². The average Bonchev–Trinajstić information content (AvgIpc) is 2.88. The van der Waals surface area contributed by atoms with E-state index in [2.05, 4.69) is 25.9 Å². The summed E-state index contributed by atoms with van der Waals surface area (Å²) in [7, 11) is -2.95. The molecule has 0 radical (unpaired) electrons. The average molecular weight is 365 g/mol. The number of alkyl halides is 1. The van der Waals surface area contributed by atoms with E-state index in [4.69, 9.17) is 11.6 Å². The third-order valence-electron chi connectivity index (χ3n) is 3.26. The smallest absolute Gasteiger partial charge is 0.160 e. The summed E-state index contributed by atoms with van der Waals surface area (Å²) in [5.41, 5.74) is 1.43. The molecule has 1 fully saturated rings. The molecule has 1 unspecified atom stereocenters. The molecule has 5 nitrogen and oxygen atoms in total. The standard InChI is InChI=1S/C11H11BrClN3O2S/c12-7-3-9-11(14-5-7)16(10(4-13)15-9)8-1-2-19(17,18)6-8/h3,5,8H,1-2,4,6H2. The summed E-state index contributed by atoms with van der Waals surface area (Å²) in [5, 5.41) is 0. The molecule has 8 heteroatoms. The highest BCUT2D eigenvalue weighted by atomic mass is 79.9. The van der Waals surface area contributed by atoms with Crippen LogP contribution in [0.2, 0.25) is 0 Å². The molecule has 0 spiro atoms. The number of imidazole rings is 1. The van der Waals surface area contributed by atoms with Gasteiger partial charge in [0.1, 0.15) is 11.3 Å². The summed E-state index contributed by atoms with van der Waals surface area (Å²) < 4.78 is 26.0. The number of halogens is 2. The summed E-state index contributed by atoms with van der Waals surface area (Å²) in [6, 6.07) is 1.75. The van der Waals surface area contributed by atoms with Crippen molar-refractivity contribution in [3.05, 3.63) is 22.6 Å². The molecule has 102 valence electrons. The molecule has 0 amide bonds. The SMILES string of the molecule is O=S1(=O)CCC(n2c(CCl)nc3cc(Br)cnc32)C1. The Morgan fingerprint density at radius 2 is 2.32 bits per heavy atom. The number of hydrogen-bond donors (Lipinski definition) is 0. The lowest BCUT2D eigenvalue weighted by molar-refractivity contribution is 0.550. The summed E-state index contributed by atoms with van der Waals surface area (Å²) >= 11 is 9.27. The second-order valence-electron chi connectivity index (χ2n) is 4.58. The van der Waals surface area contributed by atoms with Gasteiger partial charge in [-0.25, -0.2) is 18.4 Å². The Morgan fingerprint density at radius 3 is 2.95 bits per heavy atom. The first-order chi connectivity index (χ1) is 9.00. The number of pyridine rings is 1. The van der Waals surface area contributed by atoms with Gasteiger partial charge >= 0.3 is 0 Å². The number of nitrogens with zero attached hydrogens (tertiary/aromatic N) is 3. The fraction of sp³-hybridized carbons (Fsp3) is 0.455. The van der Waals surface area contributed by atoms with Crippen molar-refractivity contribution in [2.45, 2.75) is 18.3 Å². The Hall–Kier alpha value is -0.660. The molecule has 0 saturated carbocycles. The van der Waals surface area contributed by atoms with Crippen LogP contribution in [0.3, 0.4) is 0 Å². The molecule has 1 aliphatic heterocycles. The van der Waals surface area contributed by atoms with Crippen molar-refractivity contribution in [2.75, 3.05) is 11.5 Å². The molecule has 0 aliphatic carbocycles. The highest BCUT2D eigenvalue weighted by molar-refractivity contribution is 9.10. The number of sulfone groups is 1. The van der Waals surface area contributed by atoms with E-state index < -0.39 is 9.84 Å². The second kappa shape index (κ2) is 4.71. The first-order valence-corrected chi connectivity index (χ1v) is 8.94. The van der Waals surface area contributed by atoms with E-state index >= 15 is 0 Å². The summed E-state index contributed by atoms with van der Waals surface area (Å²) in [6.45, 7) is 0. The van der Waals surface area contributed by atoms with Gasteiger partial charge in [-0.3, -0.25) is 0 Å². The molecule has 1 aliphatic rings. The van der Waals surface area contributed by atoms with E-state index in [0.29, 0.717) is 17.9 Å². The van der Waals surface area contributed by atoms with Crippen LogP contribution in [0.25, 0.3) is 11.2 Å². The Morgan fingerprint density at radius 1 is 1.53 bits per heavy atom. The molecule has 0 aromatic carbocycles. The fourth-order valence-electron chi connectivity index (χ4n) is 2.46. The molecule has 19 heavy (non-hydrogen) atoms. The predicted octanol–water partition coefficient (Wildman–Crippen LogP) is 2.29. The molecule has 2 aromatic rings.